The molecular weight excluding hydrogens is 252 g/mol. The molecule has 0 saturated heterocycles. The van der Waals surface area contributed by atoms with E-state index in [9.17, 15) is 14.4 Å². The van der Waals surface area contributed by atoms with E-state index in [1.807, 2.05) is 0 Å². The Hall–Kier alpha value is -1.25. The van der Waals surface area contributed by atoms with E-state index in [0.29, 0.717) is 49.1 Å². The van der Waals surface area contributed by atoms with Crippen molar-refractivity contribution in [3.05, 3.63) is 11.1 Å². The lowest BCUT2D eigenvalue weighted by molar-refractivity contribution is -0.126. The molecule has 20 heavy (non-hydrogen) atoms. The number of hydrogen-bond donors (Lipinski definition) is 0. The summed E-state index contributed by atoms with van der Waals surface area (Å²) in [5, 5.41) is 0. The molecular formula is C17H22O3. The van der Waals surface area contributed by atoms with Crippen molar-refractivity contribution in [3.8, 4) is 0 Å². The van der Waals surface area contributed by atoms with Gasteiger partial charge >= 0.3 is 0 Å². The molecule has 0 aliphatic heterocycles. The van der Waals surface area contributed by atoms with E-state index >= 15 is 0 Å². The highest BCUT2D eigenvalue weighted by atomic mass is 16.1. The Morgan fingerprint density at radius 2 is 1.95 bits per heavy atom. The van der Waals surface area contributed by atoms with Crippen molar-refractivity contribution in [2.24, 2.45) is 17.8 Å². The van der Waals surface area contributed by atoms with Gasteiger partial charge in [-0.05, 0) is 44.4 Å². The van der Waals surface area contributed by atoms with Crippen LogP contribution in [0.25, 0.3) is 0 Å². The largest absolute Gasteiger partial charge is 0.300 e. The fourth-order valence-corrected chi connectivity index (χ4v) is 4.45. The molecule has 0 heterocycles. The van der Waals surface area contributed by atoms with Crippen molar-refractivity contribution >= 4 is 17.3 Å². The van der Waals surface area contributed by atoms with E-state index in [0.717, 1.165) is 25.7 Å². The zero-order valence-electron chi connectivity index (χ0n) is 12.1. The summed E-state index contributed by atoms with van der Waals surface area (Å²) in [5.41, 5.74) is 2.78. The Morgan fingerprint density at radius 3 is 2.70 bits per heavy atom. The lowest BCUT2D eigenvalue weighted by Gasteiger charge is -2.39. The highest BCUT2D eigenvalue weighted by molar-refractivity contribution is 5.87. The number of ketones is 3. The van der Waals surface area contributed by atoms with E-state index in [1.165, 1.54) is 11.1 Å². The van der Waals surface area contributed by atoms with Crippen molar-refractivity contribution in [2.45, 2.75) is 58.3 Å². The highest BCUT2D eigenvalue weighted by Crippen LogP contribution is 2.49. The zero-order chi connectivity index (χ0) is 14.3. The number of hydrogen-bond acceptors (Lipinski definition) is 3. The summed E-state index contributed by atoms with van der Waals surface area (Å²) in [6.45, 7) is 1.60. The number of rotatable bonds is 3. The molecule has 3 aliphatic rings. The molecule has 0 bridgehead atoms. The van der Waals surface area contributed by atoms with Crippen LogP contribution < -0.4 is 0 Å². The summed E-state index contributed by atoms with van der Waals surface area (Å²) in [5.74, 6) is 1.70. The Balaban J connectivity index is 1.85. The molecule has 2 saturated carbocycles. The molecule has 108 valence electrons. The van der Waals surface area contributed by atoms with Gasteiger partial charge in [0.15, 0.2) is 0 Å². The maximum atomic E-state index is 12.2. The van der Waals surface area contributed by atoms with Crippen LogP contribution in [0, 0.1) is 17.8 Å². The SMILES string of the molecule is CC(=O)CCC1C(=O)CCC2=C3CC(=O)CC3CCC21. The van der Waals surface area contributed by atoms with Gasteiger partial charge in [0.05, 0.1) is 0 Å². The summed E-state index contributed by atoms with van der Waals surface area (Å²) in [4.78, 5) is 35.1. The first-order chi connectivity index (χ1) is 9.56. The van der Waals surface area contributed by atoms with Gasteiger partial charge in [0.25, 0.3) is 0 Å². The summed E-state index contributed by atoms with van der Waals surface area (Å²) < 4.78 is 0. The smallest absolute Gasteiger partial charge is 0.137 e. The van der Waals surface area contributed by atoms with Crippen LogP contribution in [-0.4, -0.2) is 17.3 Å². The van der Waals surface area contributed by atoms with E-state index in [-0.39, 0.29) is 11.7 Å². The van der Waals surface area contributed by atoms with Crippen molar-refractivity contribution in [1.82, 2.24) is 0 Å². The minimum Gasteiger partial charge on any atom is -0.300 e. The van der Waals surface area contributed by atoms with Crippen molar-refractivity contribution in [2.75, 3.05) is 0 Å². The maximum absolute atomic E-state index is 12.2. The van der Waals surface area contributed by atoms with E-state index in [1.54, 1.807) is 6.92 Å². The molecule has 3 rings (SSSR count). The average molecular weight is 274 g/mol. The highest BCUT2D eigenvalue weighted by Gasteiger charge is 2.42. The second-order valence-electron chi connectivity index (χ2n) is 6.66. The Morgan fingerprint density at radius 1 is 1.15 bits per heavy atom. The molecule has 0 aromatic rings. The topological polar surface area (TPSA) is 51.2 Å². The number of carbonyl (C=O) groups excluding carboxylic acids is 3. The molecule has 0 amide bonds. The molecule has 0 aromatic heterocycles. The van der Waals surface area contributed by atoms with Gasteiger partial charge in [0.1, 0.15) is 17.3 Å². The predicted octanol–water partition coefficient (Wildman–Crippen LogP) is 3.02. The fourth-order valence-electron chi connectivity index (χ4n) is 4.45. The van der Waals surface area contributed by atoms with Crippen LogP contribution in [0.2, 0.25) is 0 Å². The van der Waals surface area contributed by atoms with E-state index in [4.69, 9.17) is 0 Å². The van der Waals surface area contributed by atoms with Crippen LogP contribution in [0.3, 0.4) is 0 Å². The molecule has 0 radical (unpaired) electrons. The van der Waals surface area contributed by atoms with Gasteiger partial charge in [0, 0.05) is 31.6 Å². The summed E-state index contributed by atoms with van der Waals surface area (Å²) in [7, 11) is 0. The fraction of sp³-hybridized carbons (Fsp3) is 0.706. The monoisotopic (exact) mass is 274 g/mol. The number of fused-ring (bicyclic) bond motifs is 2. The van der Waals surface area contributed by atoms with Gasteiger partial charge < -0.3 is 4.79 Å². The standard InChI is InChI=1S/C17H22O3/c1-10(18)2-4-15-13-5-3-11-8-12(19)9-16(11)14(13)6-7-17(15)20/h11,13,15H,2-9H2,1H3. The zero-order valence-corrected chi connectivity index (χ0v) is 12.1. The average Bonchev–Trinajstić information content (AvgIpc) is 2.77. The second kappa shape index (κ2) is 5.27. The third-order valence-electron chi connectivity index (χ3n) is 5.39. The molecule has 0 spiro atoms. The third kappa shape index (κ3) is 2.38. The van der Waals surface area contributed by atoms with Gasteiger partial charge in [-0.25, -0.2) is 0 Å². The normalized spacial score (nSPS) is 33.1. The van der Waals surface area contributed by atoms with Crippen LogP contribution in [0.1, 0.15) is 58.3 Å². The maximum Gasteiger partial charge on any atom is 0.137 e. The summed E-state index contributed by atoms with van der Waals surface area (Å²) >= 11 is 0. The Kier molecular flexibility index (Phi) is 3.61. The lowest BCUT2D eigenvalue weighted by Crippen LogP contribution is -2.34. The minimum atomic E-state index is 0.0341. The summed E-state index contributed by atoms with van der Waals surface area (Å²) in [6, 6.07) is 0. The Labute approximate surface area is 119 Å². The molecule has 3 nitrogen and oxygen atoms in total. The van der Waals surface area contributed by atoms with Gasteiger partial charge in [-0.3, -0.25) is 9.59 Å². The molecule has 0 N–H and O–H groups in total. The minimum absolute atomic E-state index is 0.0341. The van der Waals surface area contributed by atoms with Crippen LogP contribution in [0.15, 0.2) is 11.1 Å². The second-order valence-corrected chi connectivity index (χ2v) is 6.66. The van der Waals surface area contributed by atoms with Crippen molar-refractivity contribution < 1.29 is 14.4 Å². The van der Waals surface area contributed by atoms with Crippen LogP contribution in [0.5, 0.6) is 0 Å². The third-order valence-corrected chi connectivity index (χ3v) is 5.39. The van der Waals surface area contributed by atoms with Gasteiger partial charge in [-0.15, -0.1) is 0 Å². The molecule has 3 atom stereocenters. The van der Waals surface area contributed by atoms with Crippen molar-refractivity contribution in [3.63, 3.8) is 0 Å². The number of Topliss-reactive ketones (excluding diaryl/α,β-unsaturated/α-hetero) is 3. The first-order valence-electron chi connectivity index (χ1n) is 7.82. The van der Waals surface area contributed by atoms with Gasteiger partial charge in [-0.1, -0.05) is 11.1 Å². The predicted molar refractivity (Wildman–Crippen MR) is 75.1 cm³/mol. The number of carbonyl (C=O) groups is 3. The summed E-state index contributed by atoms with van der Waals surface area (Å²) in [6.07, 6.45) is 6.12. The molecule has 3 heteroatoms. The Bertz CT molecular complexity index is 500. The first-order valence-corrected chi connectivity index (χ1v) is 7.82. The lowest BCUT2D eigenvalue weighted by atomic mass is 9.65. The van der Waals surface area contributed by atoms with Crippen LogP contribution >= 0.6 is 0 Å². The number of allylic oxidation sites excluding steroid dienone is 2. The van der Waals surface area contributed by atoms with Gasteiger partial charge in [0.2, 0.25) is 0 Å². The molecule has 2 fully saturated rings. The first kappa shape index (κ1) is 13.7. The van der Waals surface area contributed by atoms with E-state index < -0.39 is 0 Å². The van der Waals surface area contributed by atoms with Crippen LogP contribution in [-0.2, 0) is 14.4 Å². The molecule has 3 unspecified atom stereocenters. The van der Waals surface area contributed by atoms with Crippen molar-refractivity contribution in [1.29, 1.82) is 0 Å². The van der Waals surface area contributed by atoms with Crippen LogP contribution in [0.4, 0.5) is 0 Å². The molecule has 3 aliphatic carbocycles. The molecule has 0 aromatic carbocycles. The quantitative estimate of drug-likeness (QED) is 0.743. The van der Waals surface area contributed by atoms with E-state index in [2.05, 4.69) is 0 Å². The van der Waals surface area contributed by atoms with Gasteiger partial charge in [-0.2, -0.15) is 0 Å².